The van der Waals surface area contributed by atoms with Gasteiger partial charge in [0.15, 0.2) is 0 Å². The van der Waals surface area contributed by atoms with Crippen LogP contribution in [-0.4, -0.2) is 51.5 Å². The third-order valence-electron chi connectivity index (χ3n) is 2.85. The Labute approximate surface area is 116 Å². The average Bonchev–Trinajstić information content (AvgIpc) is 2.75. The lowest BCUT2D eigenvalue weighted by Crippen LogP contribution is -2.52. The minimum absolute atomic E-state index is 0.230. The first-order valence-corrected chi connectivity index (χ1v) is 7.22. The fourth-order valence-corrected chi connectivity index (χ4v) is 2.74. The molecule has 2 unspecified atom stereocenters. The van der Waals surface area contributed by atoms with Crippen LogP contribution in [0.3, 0.4) is 0 Å². The van der Waals surface area contributed by atoms with E-state index in [1.807, 2.05) is 0 Å². The highest BCUT2D eigenvalue weighted by molar-refractivity contribution is 7.99. The van der Waals surface area contributed by atoms with Crippen LogP contribution in [0.15, 0.2) is 0 Å². The van der Waals surface area contributed by atoms with E-state index in [-0.39, 0.29) is 11.8 Å². The molecule has 0 aliphatic carbocycles. The van der Waals surface area contributed by atoms with Crippen molar-refractivity contribution in [2.45, 2.75) is 39.8 Å². The zero-order chi connectivity index (χ0) is 14.8. The van der Waals surface area contributed by atoms with Crippen LogP contribution >= 0.6 is 11.8 Å². The number of hydrogen-bond donors (Lipinski definition) is 2. The summed E-state index contributed by atoms with van der Waals surface area (Å²) in [6, 6.07) is -1.52. The van der Waals surface area contributed by atoms with Crippen molar-refractivity contribution in [2.24, 2.45) is 5.41 Å². The van der Waals surface area contributed by atoms with Gasteiger partial charge in [0.1, 0.15) is 12.1 Å². The van der Waals surface area contributed by atoms with E-state index in [2.05, 4.69) is 5.32 Å². The average molecular weight is 288 g/mol. The molecule has 1 saturated heterocycles. The minimum Gasteiger partial charge on any atom is -0.480 e. The maximum absolute atomic E-state index is 12.2. The zero-order valence-corrected chi connectivity index (χ0v) is 12.4. The molecule has 0 spiro atoms. The van der Waals surface area contributed by atoms with Gasteiger partial charge in [0, 0.05) is 11.2 Å². The van der Waals surface area contributed by atoms with Gasteiger partial charge in [0.2, 0.25) is 11.8 Å². The van der Waals surface area contributed by atoms with Gasteiger partial charge in [-0.2, -0.15) is 0 Å². The highest BCUT2D eigenvalue weighted by atomic mass is 32.2. The normalized spacial score (nSPS) is 21.1. The SMILES string of the molecule is CC(NC(=O)C(C)(C)C)C(=O)N1CSCC1C(=O)O. The highest BCUT2D eigenvalue weighted by Gasteiger charge is 2.37. The molecular weight excluding hydrogens is 268 g/mol. The lowest BCUT2D eigenvalue weighted by molar-refractivity contribution is -0.149. The fourth-order valence-electron chi connectivity index (χ4n) is 1.59. The Morgan fingerprint density at radius 1 is 1.37 bits per heavy atom. The molecule has 0 radical (unpaired) electrons. The van der Waals surface area contributed by atoms with Crippen LogP contribution in [-0.2, 0) is 14.4 Å². The first-order chi connectivity index (χ1) is 8.64. The van der Waals surface area contributed by atoms with Gasteiger partial charge in [-0.05, 0) is 6.92 Å². The van der Waals surface area contributed by atoms with Gasteiger partial charge in [0.25, 0.3) is 0 Å². The predicted molar refractivity (Wildman–Crippen MR) is 72.7 cm³/mol. The maximum atomic E-state index is 12.2. The van der Waals surface area contributed by atoms with E-state index in [0.717, 1.165) is 0 Å². The molecule has 2 amide bonds. The number of carboxylic acids is 1. The number of nitrogens with one attached hydrogen (secondary N) is 1. The van der Waals surface area contributed by atoms with Gasteiger partial charge in [-0.25, -0.2) is 4.79 Å². The molecule has 1 aliphatic heterocycles. The summed E-state index contributed by atoms with van der Waals surface area (Å²) in [5.74, 6) is -0.846. The number of aliphatic carboxylic acids is 1. The Bertz CT molecular complexity index is 392. The summed E-state index contributed by atoms with van der Waals surface area (Å²) < 4.78 is 0. The monoisotopic (exact) mass is 288 g/mol. The zero-order valence-electron chi connectivity index (χ0n) is 11.6. The Hall–Kier alpha value is -1.24. The van der Waals surface area contributed by atoms with Gasteiger partial charge in [0.05, 0.1) is 5.88 Å². The molecule has 6 nitrogen and oxygen atoms in total. The number of amides is 2. The second-order valence-corrected chi connectivity index (χ2v) is 6.61. The van der Waals surface area contributed by atoms with E-state index in [1.165, 1.54) is 16.7 Å². The molecule has 0 bridgehead atoms. The summed E-state index contributed by atoms with van der Waals surface area (Å²) in [5.41, 5.74) is -0.583. The standard InChI is InChI=1S/C12H20N2O4S/c1-7(13-11(18)12(2,3)4)9(15)14-6-19-5-8(14)10(16)17/h7-8H,5-6H2,1-4H3,(H,13,18)(H,16,17). The lowest BCUT2D eigenvalue weighted by atomic mass is 9.95. The topological polar surface area (TPSA) is 86.7 Å². The number of hydrogen-bond acceptors (Lipinski definition) is 4. The van der Waals surface area contributed by atoms with E-state index in [1.54, 1.807) is 27.7 Å². The number of carboxylic acid groups (broad SMARTS) is 1. The molecule has 0 aromatic rings. The Morgan fingerprint density at radius 2 is 1.95 bits per heavy atom. The summed E-state index contributed by atoms with van der Waals surface area (Å²) in [7, 11) is 0. The lowest BCUT2D eigenvalue weighted by Gasteiger charge is -2.26. The highest BCUT2D eigenvalue weighted by Crippen LogP contribution is 2.22. The predicted octanol–water partition coefficient (Wildman–Crippen LogP) is 0.523. The molecular formula is C12H20N2O4S. The van der Waals surface area contributed by atoms with Crippen LogP contribution in [0.25, 0.3) is 0 Å². The van der Waals surface area contributed by atoms with E-state index in [9.17, 15) is 14.4 Å². The quantitative estimate of drug-likeness (QED) is 0.791. The van der Waals surface area contributed by atoms with Crippen molar-refractivity contribution in [1.29, 1.82) is 0 Å². The number of thioether (sulfide) groups is 1. The summed E-state index contributed by atoms with van der Waals surface area (Å²) in [6.07, 6.45) is 0. The van der Waals surface area contributed by atoms with Crippen molar-refractivity contribution < 1.29 is 19.5 Å². The molecule has 19 heavy (non-hydrogen) atoms. The van der Waals surface area contributed by atoms with Gasteiger partial charge >= 0.3 is 5.97 Å². The summed E-state index contributed by atoms with van der Waals surface area (Å²) in [6.45, 7) is 6.84. The summed E-state index contributed by atoms with van der Waals surface area (Å²) in [4.78, 5) is 36.3. The van der Waals surface area contributed by atoms with Crippen molar-refractivity contribution in [3.05, 3.63) is 0 Å². The smallest absolute Gasteiger partial charge is 0.327 e. The number of carbonyl (C=O) groups excluding carboxylic acids is 2. The number of nitrogens with zero attached hydrogens (tertiary/aromatic N) is 1. The second kappa shape index (κ2) is 5.81. The van der Waals surface area contributed by atoms with Crippen LogP contribution in [0, 0.1) is 5.41 Å². The maximum Gasteiger partial charge on any atom is 0.327 e. The number of rotatable bonds is 3. The molecule has 1 rings (SSSR count). The van der Waals surface area contributed by atoms with E-state index < -0.39 is 23.5 Å². The molecule has 108 valence electrons. The van der Waals surface area contributed by atoms with Crippen molar-refractivity contribution in [3.8, 4) is 0 Å². The third kappa shape index (κ3) is 3.86. The van der Waals surface area contributed by atoms with Crippen LogP contribution in [0.5, 0.6) is 0 Å². The Morgan fingerprint density at radius 3 is 2.42 bits per heavy atom. The molecule has 7 heteroatoms. The van der Waals surface area contributed by atoms with Crippen LogP contribution < -0.4 is 5.32 Å². The van der Waals surface area contributed by atoms with Gasteiger partial charge in [-0.3, -0.25) is 9.59 Å². The third-order valence-corrected chi connectivity index (χ3v) is 3.86. The molecule has 2 atom stereocenters. The van der Waals surface area contributed by atoms with Gasteiger partial charge in [-0.15, -0.1) is 11.8 Å². The second-order valence-electron chi connectivity index (χ2n) is 5.61. The molecule has 1 heterocycles. The van der Waals surface area contributed by atoms with Crippen molar-refractivity contribution in [1.82, 2.24) is 10.2 Å². The summed E-state index contributed by atoms with van der Waals surface area (Å²) >= 11 is 1.40. The van der Waals surface area contributed by atoms with Crippen molar-refractivity contribution in [2.75, 3.05) is 11.6 Å². The van der Waals surface area contributed by atoms with E-state index in [0.29, 0.717) is 11.6 Å². The Kier molecular flexibility index (Phi) is 4.84. The van der Waals surface area contributed by atoms with E-state index in [4.69, 9.17) is 5.11 Å². The van der Waals surface area contributed by atoms with Gasteiger partial charge < -0.3 is 15.3 Å². The van der Waals surface area contributed by atoms with E-state index >= 15 is 0 Å². The van der Waals surface area contributed by atoms with Crippen LogP contribution in [0.4, 0.5) is 0 Å². The molecule has 0 saturated carbocycles. The first-order valence-electron chi connectivity index (χ1n) is 6.06. The molecule has 0 aromatic carbocycles. The number of carbonyl (C=O) groups is 3. The van der Waals surface area contributed by atoms with Crippen LogP contribution in [0.2, 0.25) is 0 Å². The molecule has 0 aromatic heterocycles. The Balaban J connectivity index is 2.67. The summed E-state index contributed by atoms with van der Waals surface area (Å²) in [5, 5.41) is 11.7. The molecule has 2 N–H and O–H groups in total. The van der Waals surface area contributed by atoms with Crippen molar-refractivity contribution in [3.63, 3.8) is 0 Å². The van der Waals surface area contributed by atoms with Crippen LogP contribution in [0.1, 0.15) is 27.7 Å². The molecule has 1 fully saturated rings. The van der Waals surface area contributed by atoms with Gasteiger partial charge in [-0.1, -0.05) is 20.8 Å². The largest absolute Gasteiger partial charge is 0.480 e. The van der Waals surface area contributed by atoms with Crippen molar-refractivity contribution >= 4 is 29.5 Å². The fraction of sp³-hybridized carbons (Fsp3) is 0.750. The minimum atomic E-state index is -1.01. The molecule has 1 aliphatic rings. The first kappa shape index (κ1) is 15.8.